The van der Waals surface area contributed by atoms with Gasteiger partial charge in [-0.25, -0.2) is 0 Å². The molecule has 1 aromatic carbocycles. The predicted molar refractivity (Wildman–Crippen MR) is 103 cm³/mol. The van der Waals surface area contributed by atoms with Crippen molar-refractivity contribution < 1.29 is 0 Å². The van der Waals surface area contributed by atoms with Gasteiger partial charge in [0.2, 0.25) is 16.8 Å². The number of aromatic nitrogens is 2. The molecule has 3 heterocycles. The lowest BCUT2D eigenvalue weighted by Crippen LogP contribution is -2.33. The van der Waals surface area contributed by atoms with E-state index in [0.717, 1.165) is 43.8 Å². The van der Waals surface area contributed by atoms with Gasteiger partial charge in [0.1, 0.15) is 11.6 Å². The molecule has 8 heteroatoms. The second kappa shape index (κ2) is 7.31. The molecule has 2 N–H and O–H groups in total. The second-order valence-corrected chi connectivity index (χ2v) is 6.90. The van der Waals surface area contributed by atoms with Crippen LogP contribution in [0.1, 0.15) is 25.7 Å². The normalized spacial score (nSPS) is 17.2. The van der Waals surface area contributed by atoms with Gasteiger partial charge in [0.05, 0.1) is 5.69 Å². The van der Waals surface area contributed by atoms with E-state index in [2.05, 4.69) is 25.4 Å². The zero-order valence-corrected chi connectivity index (χ0v) is 14.8. The average Bonchev–Trinajstić information content (AvgIpc) is 3.37. The molecule has 2 fully saturated rings. The van der Waals surface area contributed by atoms with E-state index in [1.807, 2.05) is 6.07 Å². The maximum Gasteiger partial charge on any atom is 0.248 e. The van der Waals surface area contributed by atoms with E-state index >= 15 is 0 Å². The van der Waals surface area contributed by atoms with E-state index in [9.17, 15) is 9.59 Å². The molecular weight excluding hydrogens is 332 g/mol. The Kier molecular flexibility index (Phi) is 4.73. The van der Waals surface area contributed by atoms with Crippen LogP contribution in [0.15, 0.2) is 21.7 Å². The number of anilines is 4. The Morgan fingerprint density at radius 3 is 2.15 bits per heavy atom. The van der Waals surface area contributed by atoms with E-state index < -0.39 is 10.9 Å². The number of hydrogen-bond donors (Lipinski definition) is 2. The van der Waals surface area contributed by atoms with Crippen molar-refractivity contribution in [3.05, 3.63) is 32.6 Å². The molecular formula is C18H24N6O2. The van der Waals surface area contributed by atoms with Gasteiger partial charge in [-0.05, 0) is 25.7 Å². The largest absolute Gasteiger partial charge is 0.380 e. The summed E-state index contributed by atoms with van der Waals surface area (Å²) in [5.74, 6) is 2.58. The summed E-state index contributed by atoms with van der Waals surface area (Å²) in [6.07, 6.45) is 4.78. The second-order valence-electron chi connectivity index (χ2n) is 6.90. The lowest BCUT2D eigenvalue weighted by Gasteiger charge is -2.22. The van der Waals surface area contributed by atoms with Gasteiger partial charge in [0.25, 0.3) is 0 Å². The van der Waals surface area contributed by atoms with Gasteiger partial charge in [-0.3, -0.25) is 9.59 Å². The molecule has 8 nitrogen and oxygen atoms in total. The highest BCUT2D eigenvalue weighted by Gasteiger charge is 2.20. The Morgan fingerprint density at radius 1 is 0.846 bits per heavy atom. The summed E-state index contributed by atoms with van der Waals surface area (Å²) in [4.78, 5) is 36.2. The summed E-state index contributed by atoms with van der Waals surface area (Å²) in [7, 11) is 0. The van der Waals surface area contributed by atoms with Crippen LogP contribution in [0, 0.1) is 0 Å². The van der Waals surface area contributed by atoms with Gasteiger partial charge < -0.3 is 20.4 Å². The van der Waals surface area contributed by atoms with Crippen molar-refractivity contribution >= 4 is 23.3 Å². The van der Waals surface area contributed by atoms with Crippen molar-refractivity contribution in [2.24, 2.45) is 0 Å². The summed E-state index contributed by atoms with van der Waals surface area (Å²) >= 11 is 0. The van der Waals surface area contributed by atoms with Gasteiger partial charge in [0.15, 0.2) is 0 Å². The first-order valence-corrected chi connectivity index (χ1v) is 9.38. The van der Waals surface area contributed by atoms with Crippen LogP contribution in [-0.2, 0) is 0 Å². The number of nitrogens with one attached hydrogen (secondary N) is 2. The van der Waals surface area contributed by atoms with Crippen LogP contribution < -0.4 is 31.3 Å². The molecule has 26 heavy (non-hydrogen) atoms. The van der Waals surface area contributed by atoms with E-state index in [1.165, 1.54) is 31.7 Å². The van der Waals surface area contributed by atoms with E-state index in [-0.39, 0.29) is 0 Å². The van der Waals surface area contributed by atoms with Gasteiger partial charge in [-0.15, -0.1) is 0 Å². The SMILES string of the molecule is O=c1cc(NCCNc2cc(N3CCCC3)nc(N3CCCC3)n2)c1=O. The van der Waals surface area contributed by atoms with Gasteiger partial charge in [-0.2, -0.15) is 9.97 Å². The number of rotatable bonds is 7. The lowest BCUT2D eigenvalue weighted by atomic mass is 10.2. The minimum Gasteiger partial charge on any atom is -0.380 e. The molecule has 0 atom stereocenters. The highest BCUT2D eigenvalue weighted by molar-refractivity contribution is 5.55. The molecule has 2 aromatic rings. The van der Waals surface area contributed by atoms with Crippen molar-refractivity contribution in [1.29, 1.82) is 0 Å². The molecule has 0 bridgehead atoms. The molecule has 2 saturated heterocycles. The standard InChI is InChI=1S/C18H24N6O2/c25-14-11-13(17(14)26)19-5-6-20-15-12-16(23-7-1-2-8-23)22-18(21-15)24-9-3-4-10-24/h11-12,19H,1-10H2,(H,20,21,22). The summed E-state index contributed by atoms with van der Waals surface area (Å²) in [5.41, 5.74) is -0.462. The third kappa shape index (κ3) is 3.49. The Bertz CT molecular complexity index is 798. The van der Waals surface area contributed by atoms with Crippen molar-refractivity contribution in [1.82, 2.24) is 9.97 Å². The molecule has 0 radical (unpaired) electrons. The third-order valence-corrected chi connectivity index (χ3v) is 5.01. The molecule has 0 spiro atoms. The summed E-state index contributed by atoms with van der Waals surface area (Å²) in [6, 6.07) is 3.34. The fourth-order valence-electron chi connectivity index (χ4n) is 3.52. The van der Waals surface area contributed by atoms with Crippen LogP contribution in [-0.4, -0.2) is 49.2 Å². The molecule has 138 valence electrons. The topological polar surface area (TPSA) is 90.5 Å². The van der Waals surface area contributed by atoms with Crippen molar-refractivity contribution in [3.63, 3.8) is 0 Å². The van der Waals surface area contributed by atoms with Crippen LogP contribution in [0.2, 0.25) is 0 Å². The molecule has 0 aliphatic carbocycles. The molecule has 0 amide bonds. The van der Waals surface area contributed by atoms with Gasteiger partial charge >= 0.3 is 0 Å². The zero-order chi connectivity index (χ0) is 17.9. The quantitative estimate of drug-likeness (QED) is 0.556. The maximum absolute atomic E-state index is 11.3. The maximum atomic E-state index is 11.3. The Hall–Kier alpha value is -2.64. The molecule has 0 saturated carbocycles. The molecule has 4 rings (SSSR count). The first-order valence-electron chi connectivity index (χ1n) is 9.38. The highest BCUT2D eigenvalue weighted by Crippen LogP contribution is 2.25. The Labute approximate surface area is 151 Å². The summed E-state index contributed by atoms with van der Waals surface area (Å²) < 4.78 is 0. The fourth-order valence-corrected chi connectivity index (χ4v) is 3.52. The zero-order valence-electron chi connectivity index (χ0n) is 14.8. The smallest absolute Gasteiger partial charge is 0.248 e. The predicted octanol–water partition coefficient (Wildman–Crippen LogP) is 0.797. The van der Waals surface area contributed by atoms with Crippen LogP contribution in [0.4, 0.5) is 23.3 Å². The molecule has 2 aliphatic heterocycles. The first-order chi connectivity index (χ1) is 12.7. The van der Waals surface area contributed by atoms with Crippen LogP contribution >= 0.6 is 0 Å². The van der Waals surface area contributed by atoms with Crippen LogP contribution in [0.3, 0.4) is 0 Å². The monoisotopic (exact) mass is 356 g/mol. The Balaban J connectivity index is 1.42. The highest BCUT2D eigenvalue weighted by atomic mass is 16.2. The van der Waals surface area contributed by atoms with E-state index in [4.69, 9.17) is 4.98 Å². The Morgan fingerprint density at radius 2 is 1.50 bits per heavy atom. The van der Waals surface area contributed by atoms with Gasteiger partial charge in [-0.1, -0.05) is 0 Å². The summed E-state index contributed by atoms with van der Waals surface area (Å²) in [5, 5.41) is 6.28. The van der Waals surface area contributed by atoms with E-state index in [0.29, 0.717) is 18.8 Å². The van der Waals surface area contributed by atoms with Crippen molar-refractivity contribution in [2.75, 3.05) is 59.7 Å². The average molecular weight is 356 g/mol. The third-order valence-electron chi connectivity index (χ3n) is 5.01. The number of nitrogens with zero attached hydrogens (tertiary/aromatic N) is 4. The van der Waals surface area contributed by atoms with Crippen molar-refractivity contribution in [3.8, 4) is 0 Å². The van der Waals surface area contributed by atoms with Crippen LogP contribution in [0.25, 0.3) is 0 Å². The summed E-state index contributed by atoms with van der Waals surface area (Å²) in [6.45, 7) is 5.26. The molecule has 2 aliphatic rings. The minimum absolute atomic E-state index is 0.398. The molecule has 0 unspecified atom stereocenters. The number of hydrogen-bond acceptors (Lipinski definition) is 8. The van der Waals surface area contributed by atoms with Crippen molar-refractivity contribution in [2.45, 2.75) is 25.7 Å². The minimum atomic E-state index is -0.431. The van der Waals surface area contributed by atoms with Crippen LogP contribution in [0.5, 0.6) is 0 Å². The lowest BCUT2D eigenvalue weighted by molar-refractivity contribution is 0.869. The van der Waals surface area contributed by atoms with Gasteiger partial charge in [0, 0.05) is 51.4 Å². The fraction of sp³-hybridized carbons (Fsp3) is 0.556. The first kappa shape index (κ1) is 16.8. The van der Waals surface area contributed by atoms with E-state index in [1.54, 1.807) is 0 Å². The molecule has 1 aromatic heterocycles.